The fourth-order valence-corrected chi connectivity index (χ4v) is 5.45. The second-order valence-corrected chi connectivity index (χ2v) is 7.48. The summed E-state index contributed by atoms with van der Waals surface area (Å²) in [6, 6.07) is 17.5. The topological polar surface area (TPSA) is 26.3 Å². The standard InChI is InChI=1S/C20H13F2O2S/c1-24-20(23)14-10-16(22)19(11-15(14)21)25-17-8-4-2-6-12(17)13-7-3-5-9-18(13)25/h2-11H,1H3/q+1. The summed E-state index contributed by atoms with van der Waals surface area (Å²) < 4.78 is 35.6. The average Bonchev–Trinajstić information content (AvgIpc) is 2.97. The molecule has 0 spiro atoms. The van der Waals surface area contributed by atoms with Gasteiger partial charge in [0, 0.05) is 27.3 Å². The predicted molar refractivity (Wildman–Crippen MR) is 96.5 cm³/mol. The zero-order valence-electron chi connectivity index (χ0n) is 13.3. The first-order valence-electron chi connectivity index (χ1n) is 7.62. The number of thiophene rings is 1. The molecular weight excluding hydrogens is 342 g/mol. The summed E-state index contributed by atoms with van der Waals surface area (Å²) in [7, 11) is 0.385. The van der Waals surface area contributed by atoms with Gasteiger partial charge in [-0.05, 0) is 30.3 Å². The number of methoxy groups -OCH3 is 1. The lowest BCUT2D eigenvalue weighted by molar-refractivity contribution is 0.0595. The van der Waals surface area contributed by atoms with E-state index in [0.717, 1.165) is 39.4 Å². The van der Waals surface area contributed by atoms with Crippen molar-refractivity contribution < 1.29 is 18.3 Å². The summed E-state index contributed by atoms with van der Waals surface area (Å²) in [5.74, 6) is -2.28. The first-order valence-corrected chi connectivity index (χ1v) is 8.84. The largest absolute Gasteiger partial charge is 0.465 e. The summed E-state index contributed by atoms with van der Waals surface area (Å²) in [4.78, 5) is 11.8. The minimum absolute atomic E-state index is 0.238. The van der Waals surface area contributed by atoms with Crippen molar-refractivity contribution in [2.75, 3.05) is 7.11 Å². The van der Waals surface area contributed by atoms with Gasteiger partial charge in [-0.1, -0.05) is 24.3 Å². The van der Waals surface area contributed by atoms with Crippen LogP contribution in [0.5, 0.6) is 0 Å². The molecule has 0 aliphatic heterocycles. The Bertz CT molecular complexity index is 1080. The average molecular weight is 355 g/mol. The van der Waals surface area contributed by atoms with Gasteiger partial charge in [-0.25, -0.2) is 13.6 Å². The minimum Gasteiger partial charge on any atom is -0.465 e. The molecule has 0 unspecified atom stereocenters. The monoisotopic (exact) mass is 355 g/mol. The van der Waals surface area contributed by atoms with Gasteiger partial charge >= 0.3 is 5.97 Å². The SMILES string of the molecule is COC(=O)c1cc(F)c(-[s+]2c3ccccc3c3ccccc32)cc1F. The fourth-order valence-electron chi connectivity index (χ4n) is 3.04. The van der Waals surface area contributed by atoms with Gasteiger partial charge in [0.15, 0.2) is 15.2 Å². The number of halogens is 2. The molecule has 1 aromatic heterocycles. The Balaban J connectivity index is 2.08. The Labute approximate surface area is 145 Å². The molecule has 0 N–H and O–H groups in total. The van der Waals surface area contributed by atoms with Gasteiger partial charge in [0.1, 0.15) is 5.82 Å². The molecule has 0 bridgehead atoms. The van der Waals surface area contributed by atoms with Gasteiger partial charge in [-0.3, -0.25) is 0 Å². The van der Waals surface area contributed by atoms with Crippen LogP contribution in [0.4, 0.5) is 8.78 Å². The van der Waals surface area contributed by atoms with Crippen molar-refractivity contribution in [2.24, 2.45) is 0 Å². The molecule has 0 atom stereocenters. The second kappa shape index (κ2) is 5.93. The van der Waals surface area contributed by atoms with E-state index in [9.17, 15) is 13.6 Å². The van der Waals surface area contributed by atoms with Crippen molar-refractivity contribution in [1.29, 1.82) is 0 Å². The van der Waals surface area contributed by atoms with Crippen molar-refractivity contribution in [3.8, 4) is 4.90 Å². The molecule has 4 aromatic rings. The molecule has 0 saturated heterocycles. The van der Waals surface area contributed by atoms with Crippen molar-refractivity contribution in [3.05, 3.63) is 77.9 Å². The van der Waals surface area contributed by atoms with E-state index in [1.807, 2.05) is 48.5 Å². The third-order valence-electron chi connectivity index (χ3n) is 4.15. The zero-order chi connectivity index (χ0) is 17.6. The molecule has 0 aliphatic carbocycles. The highest BCUT2D eigenvalue weighted by atomic mass is 32.2. The number of rotatable bonds is 2. The first kappa shape index (κ1) is 15.7. The smallest absolute Gasteiger partial charge is 0.340 e. The quantitative estimate of drug-likeness (QED) is 0.336. The first-order chi connectivity index (χ1) is 12.1. The Kier molecular flexibility index (Phi) is 3.73. The summed E-state index contributed by atoms with van der Waals surface area (Å²) in [5, 5.41) is 2.05. The molecule has 5 heteroatoms. The van der Waals surface area contributed by atoms with E-state index in [1.165, 1.54) is 0 Å². The van der Waals surface area contributed by atoms with Crippen molar-refractivity contribution in [2.45, 2.75) is 0 Å². The highest BCUT2D eigenvalue weighted by molar-refractivity contribution is 7.50. The van der Waals surface area contributed by atoms with Gasteiger partial charge in [-0.15, -0.1) is 0 Å². The lowest BCUT2D eigenvalue weighted by atomic mass is 10.2. The fraction of sp³-hybridized carbons (Fsp3) is 0.0500. The van der Waals surface area contributed by atoms with Crippen molar-refractivity contribution in [3.63, 3.8) is 0 Å². The van der Waals surface area contributed by atoms with Crippen LogP contribution in [0.3, 0.4) is 0 Å². The zero-order valence-corrected chi connectivity index (χ0v) is 14.1. The molecule has 0 fully saturated rings. The molecule has 0 aliphatic rings. The summed E-state index contributed by atoms with van der Waals surface area (Å²) in [5.41, 5.74) is -0.395. The number of fused-ring (bicyclic) bond motifs is 3. The highest BCUT2D eigenvalue weighted by Crippen LogP contribution is 2.49. The number of hydrogen-bond acceptors (Lipinski definition) is 2. The van der Waals surface area contributed by atoms with Gasteiger partial charge in [0.05, 0.1) is 12.7 Å². The van der Waals surface area contributed by atoms with Gasteiger partial charge in [-0.2, -0.15) is 0 Å². The van der Waals surface area contributed by atoms with Crippen LogP contribution in [0.25, 0.3) is 25.1 Å². The van der Waals surface area contributed by atoms with Crippen LogP contribution in [0.2, 0.25) is 0 Å². The molecule has 0 radical (unpaired) electrons. The minimum atomic E-state index is -0.890. The van der Waals surface area contributed by atoms with E-state index >= 15 is 0 Å². The number of carbonyl (C=O) groups is 1. The number of benzene rings is 3. The van der Waals surface area contributed by atoms with Gasteiger partial charge < -0.3 is 4.74 Å². The summed E-state index contributed by atoms with van der Waals surface area (Å²) in [6.45, 7) is 0. The molecule has 3 aromatic carbocycles. The lowest BCUT2D eigenvalue weighted by Gasteiger charge is -2.02. The molecule has 1 heterocycles. The molecule has 124 valence electrons. The third kappa shape index (κ3) is 2.39. The van der Waals surface area contributed by atoms with Gasteiger partial charge in [0.2, 0.25) is 4.90 Å². The molecule has 25 heavy (non-hydrogen) atoms. The van der Waals surface area contributed by atoms with E-state index in [-0.39, 0.29) is 4.90 Å². The molecule has 2 nitrogen and oxygen atoms in total. The van der Waals surface area contributed by atoms with Crippen LogP contribution in [0, 0.1) is 11.6 Å². The molecule has 0 saturated carbocycles. The van der Waals surface area contributed by atoms with Crippen molar-refractivity contribution in [1.82, 2.24) is 0 Å². The number of carbonyl (C=O) groups excluding carboxylic acids is 1. The highest BCUT2D eigenvalue weighted by Gasteiger charge is 2.28. The van der Waals surface area contributed by atoms with Gasteiger partial charge in [0.25, 0.3) is 0 Å². The molecular formula is C20H13F2O2S+. The number of hydrogen-bond donors (Lipinski definition) is 0. The maximum Gasteiger partial charge on any atom is 0.340 e. The van der Waals surface area contributed by atoms with E-state index in [2.05, 4.69) is 4.74 Å². The molecule has 4 rings (SSSR count). The number of esters is 1. The van der Waals surface area contributed by atoms with Crippen LogP contribution >= 0.6 is 10.5 Å². The maximum absolute atomic E-state index is 14.8. The predicted octanol–water partition coefficient (Wildman–Crippen LogP) is 5.80. The van der Waals surface area contributed by atoms with Crippen LogP contribution in [0.15, 0.2) is 60.7 Å². The second-order valence-electron chi connectivity index (χ2n) is 5.55. The Morgan fingerprint density at radius 3 is 2.00 bits per heavy atom. The molecule has 0 amide bonds. The Morgan fingerprint density at radius 2 is 1.44 bits per heavy atom. The van der Waals surface area contributed by atoms with Crippen LogP contribution in [-0.4, -0.2) is 13.1 Å². The summed E-state index contributed by atoms with van der Waals surface area (Å²) >= 11 is 0. The van der Waals surface area contributed by atoms with Crippen LogP contribution < -0.4 is 0 Å². The van der Waals surface area contributed by atoms with Crippen LogP contribution in [-0.2, 0) is 4.74 Å². The Morgan fingerprint density at radius 1 is 0.880 bits per heavy atom. The normalized spacial score (nSPS) is 11.2. The maximum atomic E-state index is 14.8. The van der Waals surface area contributed by atoms with Crippen LogP contribution in [0.1, 0.15) is 10.4 Å². The third-order valence-corrected chi connectivity index (χ3v) is 6.50. The van der Waals surface area contributed by atoms with Crippen molar-refractivity contribution >= 4 is 36.6 Å². The lowest BCUT2D eigenvalue weighted by Crippen LogP contribution is -2.05. The van der Waals surface area contributed by atoms with E-state index in [0.29, 0.717) is 0 Å². The summed E-state index contributed by atoms with van der Waals surface area (Å²) in [6.07, 6.45) is 0. The van der Waals surface area contributed by atoms with E-state index in [4.69, 9.17) is 0 Å². The Hall–Kier alpha value is -2.79. The van der Waals surface area contributed by atoms with E-state index in [1.54, 1.807) is 0 Å². The van der Waals surface area contributed by atoms with E-state index < -0.39 is 33.6 Å². The number of ether oxygens (including phenoxy) is 1.